The Balaban J connectivity index is 2.82. The molecular weight excluding hydrogens is 226 g/mol. The summed E-state index contributed by atoms with van der Waals surface area (Å²) in [5.41, 5.74) is 1.17. The van der Waals surface area contributed by atoms with Gasteiger partial charge in [0.2, 0.25) is 0 Å². The van der Waals surface area contributed by atoms with Crippen molar-refractivity contribution in [3.05, 3.63) is 29.8 Å². The molecule has 1 atom stereocenters. The molecule has 102 valence electrons. The van der Waals surface area contributed by atoms with E-state index in [9.17, 15) is 0 Å². The molecule has 3 nitrogen and oxygen atoms in total. The van der Waals surface area contributed by atoms with E-state index in [1.807, 2.05) is 25.1 Å². The van der Waals surface area contributed by atoms with Gasteiger partial charge in [-0.05, 0) is 33.4 Å². The molecule has 0 bridgehead atoms. The first-order valence-electron chi connectivity index (χ1n) is 6.75. The highest BCUT2D eigenvalue weighted by molar-refractivity contribution is 5.36. The maximum absolute atomic E-state index is 5.73. The summed E-state index contributed by atoms with van der Waals surface area (Å²) >= 11 is 0. The normalized spacial score (nSPS) is 12.7. The Morgan fingerprint density at radius 2 is 1.89 bits per heavy atom. The Bertz CT molecular complexity index is 339. The largest absolute Gasteiger partial charge is 0.494 e. The molecule has 1 aromatic rings. The van der Waals surface area contributed by atoms with Crippen molar-refractivity contribution in [3.63, 3.8) is 0 Å². The van der Waals surface area contributed by atoms with E-state index in [0.717, 1.165) is 12.3 Å². The zero-order chi connectivity index (χ0) is 13.4. The molecule has 18 heavy (non-hydrogen) atoms. The summed E-state index contributed by atoms with van der Waals surface area (Å²) < 4.78 is 11.4. The summed E-state index contributed by atoms with van der Waals surface area (Å²) in [7, 11) is 0. The van der Waals surface area contributed by atoms with Crippen LogP contribution in [0.5, 0.6) is 5.75 Å². The molecule has 1 N–H and O–H groups in total. The zero-order valence-corrected chi connectivity index (χ0v) is 11.9. The van der Waals surface area contributed by atoms with Crippen molar-refractivity contribution in [2.24, 2.45) is 0 Å². The fourth-order valence-corrected chi connectivity index (χ4v) is 1.85. The molecule has 0 spiro atoms. The topological polar surface area (TPSA) is 30.5 Å². The highest BCUT2D eigenvalue weighted by Gasteiger charge is 2.15. The van der Waals surface area contributed by atoms with Crippen molar-refractivity contribution in [2.75, 3.05) is 19.8 Å². The van der Waals surface area contributed by atoms with Gasteiger partial charge in [-0.2, -0.15) is 0 Å². The van der Waals surface area contributed by atoms with Crippen LogP contribution >= 0.6 is 0 Å². The molecule has 3 heteroatoms. The van der Waals surface area contributed by atoms with Crippen molar-refractivity contribution in [2.45, 2.75) is 39.8 Å². The first kappa shape index (κ1) is 15.0. The average molecular weight is 251 g/mol. The predicted octanol–water partition coefficient (Wildman–Crippen LogP) is 3.16. The van der Waals surface area contributed by atoms with Gasteiger partial charge in [-0.15, -0.1) is 0 Å². The molecule has 0 saturated heterocycles. The molecule has 0 aliphatic rings. The molecular formula is C15H25NO2. The van der Waals surface area contributed by atoms with E-state index >= 15 is 0 Å². The van der Waals surface area contributed by atoms with Crippen LogP contribution in [-0.4, -0.2) is 25.9 Å². The lowest BCUT2D eigenvalue weighted by atomic mass is 10.1. The lowest BCUT2D eigenvalue weighted by Gasteiger charge is -2.22. The first-order valence-corrected chi connectivity index (χ1v) is 6.75. The summed E-state index contributed by atoms with van der Waals surface area (Å²) in [4.78, 5) is 0. The van der Waals surface area contributed by atoms with Crippen LogP contribution in [0, 0.1) is 0 Å². The lowest BCUT2D eigenvalue weighted by Crippen LogP contribution is -2.27. The van der Waals surface area contributed by atoms with Crippen LogP contribution in [0.4, 0.5) is 0 Å². The van der Waals surface area contributed by atoms with Gasteiger partial charge in [0.1, 0.15) is 5.75 Å². The summed E-state index contributed by atoms with van der Waals surface area (Å²) in [6.45, 7) is 10.5. The van der Waals surface area contributed by atoms with Crippen LogP contribution in [0.2, 0.25) is 0 Å². The van der Waals surface area contributed by atoms with E-state index in [4.69, 9.17) is 9.47 Å². The van der Waals surface area contributed by atoms with Gasteiger partial charge in [-0.3, -0.25) is 0 Å². The molecule has 0 aliphatic carbocycles. The second kappa shape index (κ2) is 8.11. The molecule has 0 heterocycles. The quantitative estimate of drug-likeness (QED) is 0.770. The maximum Gasteiger partial charge on any atom is 0.124 e. The predicted molar refractivity (Wildman–Crippen MR) is 75.1 cm³/mol. The highest BCUT2D eigenvalue weighted by atomic mass is 16.5. The minimum absolute atomic E-state index is 0.181. The summed E-state index contributed by atoms with van der Waals surface area (Å²) in [5, 5.41) is 3.45. The smallest absolute Gasteiger partial charge is 0.124 e. The molecule has 0 amide bonds. The highest BCUT2D eigenvalue weighted by Crippen LogP contribution is 2.25. The molecule has 0 aromatic heterocycles. The van der Waals surface area contributed by atoms with Gasteiger partial charge in [0.15, 0.2) is 0 Å². The van der Waals surface area contributed by atoms with Crippen LogP contribution in [0.15, 0.2) is 24.3 Å². The molecule has 1 aromatic carbocycles. The van der Waals surface area contributed by atoms with Crippen molar-refractivity contribution in [1.29, 1.82) is 0 Å². The fraction of sp³-hybridized carbons (Fsp3) is 0.600. The van der Waals surface area contributed by atoms with Crippen LogP contribution < -0.4 is 10.1 Å². The SMILES string of the molecule is CCNC(COC(C)C)c1ccccc1OCC. The monoisotopic (exact) mass is 251 g/mol. The van der Waals surface area contributed by atoms with Gasteiger partial charge in [0.25, 0.3) is 0 Å². The Morgan fingerprint density at radius 1 is 1.17 bits per heavy atom. The van der Waals surface area contributed by atoms with Gasteiger partial charge in [-0.1, -0.05) is 25.1 Å². The van der Waals surface area contributed by atoms with Crippen LogP contribution in [0.3, 0.4) is 0 Å². The van der Waals surface area contributed by atoms with Gasteiger partial charge in [0, 0.05) is 5.56 Å². The van der Waals surface area contributed by atoms with Crippen molar-refractivity contribution in [1.82, 2.24) is 5.32 Å². The third-order valence-corrected chi connectivity index (χ3v) is 2.64. The third-order valence-electron chi connectivity index (χ3n) is 2.64. The third kappa shape index (κ3) is 4.67. The number of likely N-dealkylation sites (N-methyl/N-ethyl adjacent to an activating group) is 1. The van der Waals surface area contributed by atoms with Crippen LogP contribution in [0.25, 0.3) is 0 Å². The minimum atomic E-state index is 0.181. The van der Waals surface area contributed by atoms with E-state index in [1.54, 1.807) is 0 Å². The zero-order valence-electron chi connectivity index (χ0n) is 11.9. The standard InChI is InChI=1S/C15H25NO2/c1-5-16-14(11-18-12(3)4)13-9-7-8-10-15(13)17-6-2/h7-10,12,14,16H,5-6,11H2,1-4H3. The molecule has 0 saturated carbocycles. The average Bonchev–Trinajstić information content (AvgIpc) is 2.35. The first-order chi connectivity index (χ1) is 8.69. The second-order valence-corrected chi connectivity index (χ2v) is 4.46. The van der Waals surface area contributed by atoms with Gasteiger partial charge in [0.05, 0.1) is 25.4 Å². The van der Waals surface area contributed by atoms with Gasteiger partial charge >= 0.3 is 0 Å². The number of ether oxygens (including phenoxy) is 2. The van der Waals surface area contributed by atoms with E-state index in [0.29, 0.717) is 13.2 Å². The molecule has 0 fully saturated rings. The molecule has 1 unspecified atom stereocenters. The van der Waals surface area contributed by atoms with E-state index in [1.165, 1.54) is 5.56 Å². The van der Waals surface area contributed by atoms with Gasteiger partial charge < -0.3 is 14.8 Å². The number of hydrogen-bond acceptors (Lipinski definition) is 3. The second-order valence-electron chi connectivity index (χ2n) is 4.46. The Labute approximate surface area is 110 Å². The van der Waals surface area contributed by atoms with Crippen molar-refractivity contribution in [3.8, 4) is 5.75 Å². The number of para-hydroxylation sites is 1. The van der Waals surface area contributed by atoms with Gasteiger partial charge in [-0.25, -0.2) is 0 Å². The molecule has 0 aliphatic heterocycles. The number of hydrogen-bond donors (Lipinski definition) is 1. The summed E-state index contributed by atoms with van der Waals surface area (Å²) in [6.07, 6.45) is 0.241. The Kier molecular flexibility index (Phi) is 6.76. The molecule has 0 radical (unpaired) electrons. The van der Waals surface area contributed by atoms with E-state index in [2.05, 4.69) is 32.2 Å². The van der Waals surface area contributed by atoms with Crippen LogP contribution in [0.1, 0.15) is 39.3 Å². The van der Waals surface area contributed by atoms with E-state index < -0.39 is 0 Å². The minimum Gasteiger partial charge on any atom is -0.494 e. The van der Waals surface area contributed by atoms with Crippen LogP contribution in [-0.2, 0) is 4.74 Å². The Hall–Kier alpha value is -1.06. The Morgan fingerprint density at radius 3 is 2.50 bits per heavy atom. The van der Waals surface area contributed by atoms with Crippen molar-refractivity contribution < 1.29 is 9.47 Å². The summed E-state index contributed by atoms with van der Waals surface area (Å²) in [5.74, 6) is 0.943. The summed E-state index contributed by atoms with van der Waals surface area (Å²) in [6, 6.07) is 8.33. The lowest BCUT2D eigenvalue weighted by molar-refractivity contribution is 0.0608. The maximum atomic E-state index is 5.73. The molecule has 1 rings (SSSR count). The fourth-order valence-electron chi connectivity index (χ4n) is 1.85. The van der Waals surface area contributed by atoms with Crippen molar-refractivity contribution >= 4 is 0 Å². The number of nitrogens with one attached hydrogen (secondary N) is 1. The number of rotatable bonds is 8. The van der Waals surface area contributed by atoms with E-state index in [-0.39, 0.29) is 12.1 Å². The number of benzene rings is 1.